The van der Waals surface area contributed by atoms with Gasteiger partial charge in [0.1, 0.15) is 12.1 Å². The Hall–Kier alpha value is -1.13. The number of allylic oxidation sites excluding steroid dienone is 1. The van der Waals surface area contributed by atoms with E-state index >= 15 is 0 Å². The van der Waals surface area contributed by atoms with Crippen molar-refractivity contribution >= 4 is 33.5 Å². The van der Waals surface area contributed by atoms with Gasteiger partial charge in [-0.2, -0.15) is 5.26 Å². The van der Waals surface area contributed by atoms with Crippen molar-refractivity contribution in [3.63, 3.8) is 0 Å². The maximum Gasteiger partial charge on any atom is 0.330 e. The second-order valence-corrected chi connectivity index (χ2v) is 5.77. The number of nitrogens with one attached hydrogen (secondary N) is 1. The van der Waals surface area contributed by atoms with Crippen LogP contribution < -0.4 is 5.32 Å². The largest absolute Gasteiger partial charge is 0.449 e. The quantitative estimate of drug-likeness (QED) is 0.393. The summed E-state index contributed by atoms with van der Waals surface area (Å²) in [7, 11) is 2.93. The number of nitriles is 1. The summed E-state index contributed by atoms with van der Waals surface area (Å²) in [6.07, 6.45) is 4.36. The Labute approximate surface area is 115 Å². The zero-order valence-corrected chi connectivity index (χ0v) is 11.8. The van der Waals surface area contributed by atoms with Gasteiger partial charge in [0.05, 0.1) is 0 Å². The molecule has 7 heteroatoms. The minimum Gasteiger partial charge on any atom is -0.449 e. The first-order valence-corrected chi connectivity index (χ1v) is 7.97. The Morgan fingerprint density at radius 1 is 1.61 bits per heavy atom. The molecule has 0 aliphatic heterocycles. The van der Waals surface area contributed by atoms with Crippen molar-refractivity contribution in [2.24, 2.45) is 0 Å². The molecule has 1 atom stereocenters. The van der Waals surface area contributed by atoms with E-state index in [0.717, 1.165) is 0 Å². The topological polar surface area (TPSA) is 79.2 Å². The third kappa shape index (κ3) is 8.03. The predicted octanol–water partition coefficient (Wildman–Crippen LogP) is 1.52. The fourth-order valence-electron chi connectivity index (χ4n) is 1.01. The van der Waals surface area contributed by atoms with Gasteiger partial charge in [-0.25, -0.2) is 4.79 Å². The van der Waals surface area contributed by atoms with E-state index in [1.54, 1.807) is 12.1 Å². The third-order valence-electron chi connectivity index (χ3n) is 1.83. The Kier molecular flexibility index (Phi) is 10.3. The fraction of sp³-hybridized carbons (Fsp3) is 0.545. The number of rotatable bonds is 9. The van der Waals surface area contributed by atoms with Gasteiger partial charge in [-0.15, -0.1) is 6.58 Å². The Bertz CT molecular complexity index is 329. The standard InChI is InChI=1S/C11H16N2O3S2/c1-3-4-5-10(14)13-9(8-18-17-2)11(15)16-7-6-12/h3,9H,1,4-5,7-8H2,2H3,(H,13,14). The van der Waals surface area contributed by atoms with Crippen LogP contribution in [0.4, 0.5) is 0 Å². The molecule has 0 aromatic rings. The molecule has 100 valence electrons. The van der Waals surface area contributed by atoms with E-state index in [4.69, 9.17) is 10.00 Å². The number of ether oxygens (including phenoxy) is 1. The molecule has 1 N–H and O–H groups in total. The third-order valence-corrected chi connectivity index (χ3v) is 3.65. The highest BCUT2D eigenvalue weighted by atomic mass is 33.1. The molecule has 0 heterocycles. The van der Waals surface area contributed by atoms with Crippen molar-refractivity contribution in [2.75, 3.05) is 18.6 Å². The molecule has 0 bridgehead atoms. The normalized spacial score (nSPS) is 11.1. The van der Waals surface area contributed by atoms with Crippen molar-refractivity contribution < 1.29 is 14.3 Å². The van der Waals surface area contributed by atoms with Gasteiger partial charge in [0, 0.05) is 12.2 Å². The Morgan fingerprint density at radius 2 is 2.33 bits per heavy atom. The number of hydrogen-bond donors (Lipinski definition) is 1. The summed E-state index contributed by atoms with van der Waals surface area (Å²) in [5.41, 5.74) is 0. The van der Waals surface area contributed by atoms with Crippen LogP contribution >= 0.6 is 21.6 Å². The van der Waals surface area contributed by atoms with Crippen molar-refractivity contribution in [3.8, 4) is 6.07 Å². The summed E-state index contributed by atoms with van der Waals surface area (Å²) < 4.78 is 4.70. The van der Waals surface area contributed by atoms with E-state index in [1.165, 1.54) is 21.6 Å². The molecule has 18 heavy (non-hydrogen) atoms. The molecule has 0 aliphatic carbocycles. The zero-order chi connectivity index (χ0) is 13.8. The van der Waals surface area contributed by atoms with Crippen LogP contribution in [0, 0.1) is 11.3 Å². The summed E-state index contributed by atoms with van der Waals surface area (Å²) in [6.45, 7) is 3.22. The predicted molar refractivity (Wildman–Crippen MR) is 73.9 cm³/mol. The Balaban J connectivity index is 4.29. The average Bonchev–Trinajstić information content (AvgIpc) is 2.38. The highest BCUT2D eigenvalue weighted by Gasteiger charge is 2.21. The van der Waals surface area contributed by atoms with Gasteiger partial charge in [-0.3, -0.25) is 4.79 Å². The summed E-state index contributed by atoms with van der Waals surface area (Å²) in [4.78, 5) is 23.1. The second kappa shape index (κ2) is 11.0. The lowest BCUT2D eigenvalue weighted by Crippen LogP contribution is -2.43. The maximum atomic E-state index is 11.6. The van der Waals surface area contributed by atoms with Gasteiger partial charge in [-0.05, 0) is 12.7 Å². The molecule has 0 aromatic carbocycles. The van der Waals surface area contributed by atoms with Crippen LogP contribution in [0.5, 0.6) is 0 Å². The first-order chi connectivity index (χ1) is 8.65. The van der Waals surface area contributed by atoms with Crippen molar-refractivity contribution in [1.82, 2.24) is 5.32 Å². The molecule has 0 aliphatic rings. The van der Waals surface area contributed by atoms with Gasteiger partial charge in [0.2, 0.25) is 5.91 Å². The van der Waals surface area contributed by atoms with E-state index in [1.807, 2.05) is 6.26 Å². The number of amides is 1. The molecule has 0 fully saturated rings. The van der Waals surface area contributed by atoms with Gasteiger partial charge >= 0.3 is 5.97 Å². The minimum atomic E-state index is -0.715. The molecule has 0 saturated carbocycles. The maximum absolute atomic E-state index is 11.6. The van der Waals surface area contributed by atoms with E-state index < -0.39 is 12.0 Å². The summed E-state index contributed by atoms with van der Waals surface area (Å²) in [5.74, 6) is -0.397. The summed E-state index contributed by atoms with van der Waals surface area (Å²) in [6, 6.07) is 1.00. The van der Waals surface area contributed by atoms with Gasteiger partial charge in [0.25, 0.3) is 0 Å². The molecular weight excluding hydrogens is 272 g/mol. The van der Waals surface area contributed by atoms with Crippen molar-refractivity contribution in [2.45, 2.75) is 18.9 Å². The fourth-order valence-corrected chi connectivity index (χ4v) is 2.32. The van der Waals surface area contributed by atoms with E-state index in [2.05, 4.69) is 11.9 Å². The van der Waals surface area contributed by atoms with Gasteiger partial charge in [0.15, 0.2) is 6.61 Å². The molecule has 0 radical (unpaired) electrons. The van der Waals surface area contributed by atoms with Gasteiger partial charge in [-0.1, -0.05) is 27.7 Å². The molecule has 1 amide bonds. The number of hydrogen-bond acceptors (Lipinski definition) is 6. The SMILES string of the molecule is C=CCCC(=O)NC(CSSC)C(=O)OCC#N. The number of nitrogens with zero attached hydrogens (tertiary/aromatic N) is 1. The van der Waals surface area contributed by atoms with Crippen LogP contribution in [0.1, 0.15) is 12.8 Å². The number of esters is 1. The first-order valence-electron chi connectivity index (χ1n) is 5.25. The van der Waals surface area contributed by atoms with Crippen molar-refractivity contribution in [3.05, 3.63) is 12.7 Å². The van der Waals surface area contributed by atoms with Crippen LogP contribution in [0.25, 0.3) is 0 Å². The van der Waals surface area contributed by atoms with Crippen molar-refractivity contribution in [1.29, 1.82) is 5.26 Å². The molecule has 0 aromatic heterocycles. The Morgan fingerprint density at radius 3 is 2.89 bits per heavy atom. The average molecular weight is 288 g/mol. The van der Waals surface area contributed by atoms with Crippen LogP contribution in [0.2, 0.25) is 0 Å². The number of carbonyl (C=O) groups excluding carboxylic acids is 2. The molecule has 0 rings (SSSR count). The molecular formula is C11H16N2O3S2. The van der Waals surface area contributed by atoms with E-state index in [-0.39, 0.29) is 18.9 Å². The highest BCUT2D eigenvalue weighted by molar-refractivity contribution is 8.76. The zero-order valence-electron chi connectivity index (χ0n) is 10.2. The van der Waals surface area contributed by atoms with Crippen LogP contribution in [0.15, 0.2) is 12.7 Å². The van der Waals surface area contributed by atoms with Crippen LogP contribution in [-0.2, 0) is 14.3 Å². The summed E-state index contributed by atoms with van der Waals surface area (Å²) >= 11 is 0. The van der Waals surface area contributed by atoms with Crippen LogP contribution in [-0.4, -0.2) is 36.5 Å². The molecule has 0 spiro atoms. The van der Waals surface area contributed by atoms with Gasteiger partial charge < -0.3 is 10.1 Å². The lowest BCUT2D eigenvalue weighted by molar-refractivity contribution is -0.145. The van der Waals surface area contributed by atoms with Crippen LogP contribution in [0.3, 0.4) is 0 Å². The summed E-state index contributed by atoms with van der Waals surface area (Å²) in [5, 5.41) is 10.9. The minimum absolute atomic E-state index is 0.226. The lowest BCUT2D eigenvalue weighted by atomic mass is 10.2. The molecule has 0 saturated heterocycles. The molecule has 5 nitrogen and oxygen atoms in total. The first kappa shape index (κ1) is 16.9. The highest BCUT2D eigenvalue weighted by Crippen LogP contribution is 2.18. The number of carbonyl (C=O) groups is 2. The van der Waals surface area contributed by atoms with E-state index in [9.17, 15) is 9.59 Å². The lowest BCUT2D eigenvalue weighted by Gasteiger charge is -2.15. The van der Waals surface area contributed by atoms with E-state index in [0.29, 0.717) is 12.2 Å². The molecule has 1 unspecified atom stereocenters. The monoisotopic (exact) mass is 288 g/mol. The second-order valence-electron chi connectivity index (χ2n) is 3.16. The smallest absolute Gasteiger partial charge is 0.330 e.